The summed E-state index contributed by atoms with van der Waals surface area (Å²) in [4.78, 5) is 36.0. The minimum absolute atomic E-state index is 0.107. The minimum Gasteiger partial charge on any atom is -0.480 e. The highest BCUT2D eigenvalue weighted by Crippen LogP contribution is 2.21. The first-order valence-corrected chi connectivity index (χ1v) is 5.94. The van der Waals surface area contributed by atoms with Crippen LogP contribution in [0.5, 0.6) is 0 Å². The monoisotopic (exact) mass is 292 g/mol. The van der Waals surface area contributed by atoms with Crippen molar-refractivity contribution in [2.45, 2.75) is 12.5 Å². The fraction of sp³-hybridized carbons (Fsp3) is 0.154. The average molecular weight is 292 g/mol. The number of carboxylic acid groups (broad SMARTS) is 3. The van der Waals surface area contributed by atoms with Crippen molar-refractivity contribution < 1.29 is 29.7 Å². The number of hydrogen-bond acceptors (Lipinski definition) is 3. The first-order chi connectivity index (χ1) is 9.91. The number of fused-ring (bicyclic) bond motifs is 1. The van der Waals surface area contributed by atoms with E-state index in [0.717, 1.165) is 10.9 Å². The van der Waals surface area contributed by atoms with Gasteiger partial charge in [-0.3, -0.25) is 0 Å². The molecular formula is C13H12N2O6. The summed E-state index contributed by atoms with van der Waals surface area (Å²) in [6, 6.07) is 5.35. The highest BCUT2D eigenvalue weighted by molar-refractivity contribution is 5.92. The Bertz CT molecular complexity index is 694. The molecule has 0 spiro atoms. The molecule has 8 nitrogen and oxygen atoms in total. The lowest BCUT2D eigenvalue weighted by Gasteiger charge is -2.21. The van der Waals surface area contributed by atoms with Crippen molar-refractivity contribution in [1.82, 2.24) is 9.88 Å². The molecule has 0 saturated carbocycles. The van der Waals surface area contributed by atoms with Crippen molar-refractivity contribution in [1.29, 1.82) is 0 Å². The fourth-order valence-electron chi connectivity index (χ4n) is 2.15. The summed E-state index contributed by atoms with van der Waals surface area (Å²) >= 11 is 0. The first-order valence-electron chi connectivity index (χ1n) is 5.94. The number of aromatic nitrogens is 1. The van der Waals surface area contributed by atoms with Gasteiger partial charge in [0.2, 0.25) is 0 Å². The number of amides is 2. The summed E-state index contributed by atoms with van der Waals surface area (Å²) in [7, 11) is 0. The van der Waals surface area contributed by atoms with E-state index in [2.05, 4.69) is 4.98 Å². The van der Waals surface area contributed by atoms with Gasteiger partial charge in [-0.2, -0.15) is 4.90 Å². The topological polar surface area (TPSA) is 131 Å². The van der Waals surface area contributed by atoms with Crippen LogP contribution in [0.25, 0.3) is 10.9 Å². The SMILES string of the molecule is O=C(O)C(Cc1c[nH]c2ccccc12)N(C(=O)O)C(=O)O. The maximum atomic E-state index is 11.2. The van der Waals surface area contributed by atoms with Crippen LogP contribution in [0.3, 0.4) is 0 Å². The fourth-order valence-corrected chi connectivity index (χ4v) is 2.15. The Labute approximate surface area is 118 Å². The maximum absolute atomic E-state index is 11.2. The number of hydrogen-bond donors (Lipinski definition) is 4. The van der Waals surface area contributed by atoms with E-state index in [4.69, 9.17) is 15.3 Å². The van der Waals surface area contributed by atoms with Gasteiger partial charge in [-0.05, 0) is 11.6 Å². The zero-order valence-electron chi connectivity index (χ0n) is 10.7. The predicted molar refractivity (Wildman–Crippen MR) is 71.3 cm³/mol. The van der Waals surface area contributed by atoms with Gasteiger partial charge in [0.15, 0.2) is 0 Å². The largest absolute Gasteiger partial charge is 0.480 e. The Kier molecular flexibility index (Phi) is 3.79. The number of nitrogens with zero attached hydrogens (tertiary/aromatic N) is 1. The zero-order chi connectivity index (χ0) is 15.6. The third-order valence-corrected chi connectivity index (χ3v) is 3.10. The number of imide groups is 1. The summed E-state index contributed by atoms with van der Waals surface area (Å²) in [6.07, 6.45) is -2.36. The van der Waals surface area contributed by atoms with Gasteiger partial charge in [0.1, 0.15) is 6.04 Å². The van der Waals surface area contributed by atoms with Crippen molar-refractivity contribution in [2.24, 2.45) is 0 Å². The number of aromatic amines is 1. The molecule has 2 aromatic rings. The lowest BCUT2D eigenvalue weighted by Crippen LogP contribution is -2.48. The van der Waals surface area contributed by atoms with Gasteiger partial charge < -0.3 is 20.3 Å². The number of carboxylic acids is 1. The summed E-state index contributed by atoms with van der Waals surface area (Å²) in [6.45, 7) is 0. The molecule has 1 heterocycles. The molecule has 8 heteroatoms. The third-order valence-electron chi connectivity index (χ3n) is 3.10. The quantitative estimate of drug-likeness (QED) is 0.679. The van der Waals surface area contributed by atoms with Crippen LogP contribution in [-0.2, 0) is 11.2 Å². The molecule has 2 amide bonds. The molecule has 21 heavy (non-hydrogen) atoms. The Morgan fingerprint density at radius 1 is 1.10 bits per heavy atom. The summed E-state index contributed by atoms with van der Waals surface area (Å²) < 4.78 is 0. The molecule has 0 saturated heterocycles. The van der Waals surface area contributed by atoms with Crippen LogP contribution in [0.2, 0.25) is 0 Å². The molecule has 0 radical (unpaired) electrons. The lowest BCUT2D eigenvalue weighted by molar-refractivity contribution is -0.142. The molecule has 1 unspecified atom stereocenters. The molecule has 0 fully saturated rings. The van der Waals surface area contributed by atoms with Gasteiger partial charge in [0, 0.05) is 23.5 Å². The molecule has 1 atom stereocenters. The van der Waals surface area contributed by atoms with E-state index in [1.54, 1.807) is 30.5 Å². The van der Waals surface area contributed by atoms with Crippen LogP contribution in [0, 0.1) is 0 Å². The van der Waals surface area contributed by atoms with E-state index >= 15 is 0 Å². The number of aliphatic carboxylic acids is 1. The maximum Gasteiger partial charge on any atom is 0.417 e. The molecule has 1 aromatic heterocycles. The molecule has 110 valence electrons. The molecule has 0 aliphatic carbocycles. The van der Waals surface area contributed by atoms with Crippen LogP contribution in [0.4, 0.5) is 9.59 Å². The van der Waals surface area contributed by atoms with Gasteiger partial charge >= 0.3 is 18.2 Å². The van der Waals surface area contributed by atoms with E-state index in [1.165, 1.54) is 0 Å². The van der Waals surface area contributed by atoms with E-state index in [9.17, 15) is 14.4 Å². The molecule has 0 aliphatic heterocycles. The molecular weight excluding hydrogens is 280 g/mol. The second-order valence-electron chi connectivity index (χ2n) is 4.35. The molecule has 0 aliphatic rings. The first kappa shape index (κ1) is 14.4. The Balaban J connectivity index is 2.38. The van der Waals surface area contributed by atoms with E-state index in [1.807, 2.05) is 0 Å². The highest BCUT2D eigenvalue weighted by Gasteiger charge is 2.35. The molecule has 1 aromatic carbocycles. The standard InChI is InChI=1S/C13H12N2O6/c16-11(17)10(15(12(18)19)13(20)21)5-7-6-14-9-4-2-1-3-8(7)9/h1-4,6,10,14H,5H2,(H,16,17)(H,18,19)(H,20,21). The van der Waals surface area contributed by atoms with E-state index < -0.39 is 24.2 Å². The Hall–Kier alpha value is -3.03. The molecule has 4 N–H and O–H groups in total. The van der Waals surface area contributed by atoms with Gasteiger partial charge in [-0.15, -0.1) is 0 Å². The highest BCUT2D eigenvalue weighted by atomic mass is 16.4. The van der Waals surface area contributed by atoms with E-state index in [-0.39, 0.29) is 11.3 Å². The Morgan fingerprint density at radius 2 is 1.71 bits per heavy atom. The average Bonchev–Trinajstić information content (AvgIpc) is 2.80. The predicted octanol–water partition coefficient (Wildman–Crippen LogP) is 1.82. The summed E-state index contributed by atoms with van der Waals surface area (Å²) in [5.74, 6) is -1.52. The third kappa shape index (κ3) is 2.78. The molecule has 0 bridgehead atoms. The number of para-hydroxylation sites is 1. The zero-order valence-corrected chi connectivity index (χ0v) is 10.7. The number of H-pyrrole nitrogens is 1. The van der Waals surface area contributed by atoms with Crippen LogP contribution in [0.1, 0.15) is 5.56 Å². The second-order valence-corrected chi connectivity index (χ2v) is 4.35. The van der Waals surface area contributed by atoms with Crippen molar-refractivity contribution in [3.8, 4) is 0 Å². The summed E-state index contributed by atoms with van der Waals surface area (Å²) in [5, 5.41) is 27.6. The number of carbonyl (C=O) groups is 3. The Morgan fingerprint density at radius 3 is 2.29 bits per heavy atom. The van der Waals surface area contributed by atoms with Crippen molar-refractivity contribution in [3.05, 3.63) is 36.0 Å². The molecule has 2 rings (SSSR count). The van der Waals surface area contributed by atoms with Crippen LogP contribution >= 0.6 is 0 Å². The number of nitrogens with one attached hydrogen (secondary N) is 1. The van der Waals surface area contributed by atoms with Gasteiger partial charge in [0.25, 0.3) is 0 Å². The van der Waals surface area contributed by atoms with Crippen LogP contribution < -0.4 is 0 Å². The summed E-state index contributed by atoms with van der Waals surface area (Å²) in [5.41, 5.74) is 1.29. The van der Waals surface area contributed by atoms with Gasteiger partial charge in [0.05, 0.1) is 0 Å². The van der Waals surface area contributed by atoms with Crippen LogP contribution in [-0.4, -0.2) is 49.4 Å². The number of benzene rings is 1. The second kappa shape index (κ2) is 5.53. The number of rotatable bonds is 4. The smallest absolute Gasteiger partial charge is 0.417 e. The minimum atomic E-state index is -1.82. The lowest BCUT2D eigenvalue weighted by atomic mass is 10.0. The van der Waals surface area contributed by atoms with Gasteiger partial charge in [-0.1, -0.05) is 18.2 Å². The van der Waals surface area contributed by atoms with Crippen molar-refractivity contribution in [2.75, 3.05) is 0 Å². The van der Waals surface area contributed by atoms with Crippen molar-refractivity contribution in [3.63, 3.8) is 0 Å². The van der Waals surface area contributed by atoms with E-state index in [0.29, 0.717) is 5.56 Å². The van der Waals surface area contributed by atoms with Gasteiger partial charge in [-0.25, -0.2) is 14.4 Å². The van der Waals surface area contributed by atoms with Crippen molar-refractivity contribution >= 4 is 29.1 Å². The van der Waals surface area contributed by atoms with Crippen LogP contribution in [0.15, 0.2) is 30.5 Å². The normalized spacial score (nSPS) is 12.0.